The van der Waals surface area contributed by atoms with E-state index in [4.69, 9.17) is 4.74 Å². The fourth-order valence-corrected chi connectivity index (χ4v) is 5.60. The SMILES string of the molecule is Cc1ccc2c(c1)C(=O)OC21CCN(CCCn2c(=O)c3cccn3c3ccccc32)CC1. The Balaban J connectivity index is 1.16. The van der Waals surface area contributed by atoms with Gasteiger partial charge in [0.25, 0.3) is 5.56 Å². The smallest absolute Gasteiger partial charge is 0.339 e. The average Bonchev–Trinajstić information content (AvgIpc) is 3.41. The summed E-state index contributed by atoms with van der Waals surface area (Å²) < 4.78 is 9.80. The van der Waals surface area contributed by atoms with Crippen molar-refractivity contribution in [1.29, 1.82) is 0 Å². The van der Waals surface area contributed by atoms with Crippen molar-refractivity contribution in [3.05, 3.63) is 87.8 Å². The number of fused-ring (bicyclic) bond motifs is 5. The first-order valence-corrected chi connectivity index (χ1v) is 11.7. The zero-order valence-electron chi connectivity index (χ0n) is 18.8. The molecule has 0 aliphatic carbocycles. The summed E-state index contributed by atoms with van der Waals surface area (Å²) in [5.41, 5.74) is 5.19. The second kappa shape index (κ2) is 7.59. The van der Waals surface area contributed by atoms with Crippen molar-refractivity contribution < 1.29 is 9.53 Å². The van der Waals surface area contributed by atoms with Gasteiger partial charge in [0, 0.05) is 44.2 Å². The largest absolute Gasteiger partial charge is 0.450 e. The van der Waals surface area contributed by atoms with Crippen LogP contribution < -0.4 is 5.56 Å². The molecule has 4 heterocycles. The van der Waals surface area contributed by atoms with E-state index in [1.807, 2.05) is 58.5 Å². The van der Waals surface area contributed by atoms with E-state index < -0.39 is 5.60 Å². The molecule has 6 rings (SSSR count). The predicted molar refractivity (Wildman–Crippen MR) is 128 cm³/mol. The number of ether oxygens (including phenoxy) is 1. The van der Waals surface area contributed by atoms with E-state index in [1.54, 1.807) is 0 Å². The second-order valence-corrected chi connectivity index (χ2v) is 9.34. The van der Waals surface area contributed by atoms with Gasteiger partial charge in [-0.2, -0.15) is 0 Å². The first-order chi connectivity index (χ1) is 16.1. The third-order valence-electron chi connectivity index (χ3n) is 7.34. The molecular formula is C27H27N3O3. The Morgan fingerprint density at radius 3 is 2.48 bits per heavy atom. The minimum Gasteiger partial charge on any atom is -0.450 e. The van der Waals surface area contributed by atoms with Crippen LogP contribution in [0.15, 0.2) is 65.6 Å². The van der Waals surface area contributed by atoms with E-state index in [2.05, 4.69) is 23.1 Å². The standard InChI is InChI=1S/C27H27N3O3/c1-19-9-10-21-20(18-19)26(32)33-27(21)11-16-28(17-12-27)13-5-15-30-23-7-3-2-6-22(23)29-14-4-8-24(29)25(30)31/h2-4,6-10,14,18H,5,11-13,15-17H2,1H3. The van der Waals surface area contributed by atoms with Crippen LogP contribution in [0.2, 0.25) is 0 Å². The number of hydrogen-bond donors (Lipinski definition) is 0. The van der Waals surface area contributed by atoms with Crippen LogP contribution in [-0.2, 0) is 16.9 Å². The Morgan fingerprint density at radius 2 is 1.67 bits per heavy atom. The summed E-state index contributed by atoms with van der Waals surface area (Å²) in [7, 11) is 0. The lowest BCUT2D eigenvalue weighted by Gasteiger charge is -2.38. The summed E-state index contributed by atoms with van der Waals surface area (Å²) in [6, 6.07) is 18.0. The van der Waals surface area contributed by atoms with Crippen LogP contribution in [-0.4, -0.2) is 39.5 Å². The number of hydrogen-bond acceptors (Lipinski definition) is 4. The third kappa shape index (κ3) is 3.20. The number of piperidine rings is 1. The van der Waals surface area contributed by atoms with Gasteiger partial charge in [-0.05, 0) is 50.2 Å². The Bertz CT molecular complexity index is 1440. The van der Waals surface area contributed by atoms with Crippen LogP contribution in [0.3, 0.4) is 0 Å². The van der Waals surface area contributed by atoms with E-state index in [-0.39, 0.29) is 11.5 Å². The van der Waals surface area contributed by atoms with Crippen molar-refractivity contribution in [3.8, 4) is 0 Å². The first-order valence-electron chi connectivity index (χ1n) is 11.7. The lowest BCUT2D eigenvalue weighted by molar-refractivity contribution is -0.0430. The molecule has 2 aliphatic heterocycles. The monoisotopic (exact) mass is 441 g/mol. The second-order valence-electron chi connectivity index (χ2n) is 9.34. The van der Waals surface area contributed by atoms with Crippen molar-refractivity contribution in [2.75, 3.05) is 19.6 Å². The number of carbonyl (C=O) groups is 1. The molecule has 0 atom stereocenters. The molecule has 4 aromatic rings. The van der Waals surface area contributed by atoms with Gasteiger partial charge in [0.05, 0.1) is 16.6 Å². The van der Waals surface area contributed by atoms with Gasteiger partial charge >= 0.3 is 5.97 Å². The summed E-state index contributed by atoms with van der Waals surface area (Å²) in [6.45, 7) is 5.36. The van der Waals surface area contributed by atoms with E-state index >= 15 is 0 Å². The quantitative estimate of drug-likeness (QED) is 0.447. The maximum atomic E-state index is 13.1. The van der Waals surface area contributed by atoms with Crippen molar-refractivity contribution in [1.82, 2.24) is 13.9 Å². The van der Waals surface area contributed by atoms with E-state index in [0.29, 0.717) is 12.1 Å². The van der Waals surface area contributed by atoms with Crippen molar-refractivity contribution in [3.63, 3.8) is 0 Å². The Labute approximate surface area is 192 Å². The molecule has 2 aromatic carbocycles. The van der Waals surface area contributed by atoms with Gasteiger partial charge < -0.3 is 18.6 Å². The minimum absolute atomic E-state index is 0.0565. The van der Waals surface area contributed by atoms with Gasteiger partial charge in [0.15, 0.2) is 0 Å². The number of para-hydroxylation sites is 2. The lowest BCUT2D eigenvalue weighted by Crippen LogP contribution is -2.43. The molecule has 1 spiro atoms. The summed E-state index contributed by atoms with van der Waals surface area (Å²) in [6.07, 6.45) is 4.47. The average molecular weight is 442 g/mol. The number of esters is 1. The molecule has 0 N–H and O–H groups in total. The zero-order valence-corrected chi connectivity index (χ0v) is 18.8. The molecule has 0 saturated carbocycles. The maximum absolute atomic E-state index is 13.1. The van der Waals surface area contributed by atoms with Gasteiger partial charge in [-0.25, -0.2) is 4.79 Å². The van der Waals surface area contributed by atoms with Crippen LogP contribution in [0.5, 0.6) is 0 Å². The number of carbonyl (C=O) groups excluding carboxylic acids is 1. The highest BCUT2D eigenvalue weighted by molar-refractivity contribution is 5.95. The molecule has 0 amide bonds. The Kier molecular flexibility index (Phi) is 4.66. The van der Waals surface area contributed by atoms with E-state index in [1.165, 1.54) is 0 Å². The molecule has 6 nitrogen and oxygen atoms in total. The topological polar surface area (TPSA) is 56.0 Å². The highest BCUT2D eigenvalue weighted by Gasteiger charge is 2.47. The summed E-state index contributed by atoms with van der Waals surface area (Å²) >= 11 is 0. The molecule has 2 aliphatic rings. The summed E-state index contributed by atoms with van der Waals surface area (Å²) in [5.74, 6) is -0.186. The van der Waals surface area contributed by atoms with Crippen molar-refractivity contribution >= 4 is 22.5 Å². The zero-order chi connectivity index (χ0) is 22.6. The lowest BCUT2D eigenvalue weighted by atomic mass is 9.83. The summed E-state index contributed by atoms with van der Waals surface area (Å²) in [5, 5.41) is 0. The highest BCUT2D eigenvalue weighted by atomic mass is 16.6. The van der Waals surface area contributed by atoms with Crippen LogP contribution in [0, 0.1) is 6.92 Å². The number of rotatable bonds is 4. The van der Waals surface area contributed by atoms with E-state index in [9.17, 15) is 9.59 Å². The fraction of sp³-hybridized carbons (Fsp3) is 0.333. The Morgan fingerprint density at radius 1 is 0.909 bits per heavy atom. The molecule has 0 bridgehead atoms. The number of benzene rings is 2. The molecule has 0 unspecified atom stereocenters. The summed E-state index contributed by atoms with van der Waals surface area (Å²) in [4.78, 5) is 28.0. The predicted octanol–water partition coefficient (Wildman–Crippen LogP) is 4.11. The third-order valence-corrected chi connectivity index (χ3v) is 7.34. The molecular weight excluding hydrogens is 414 g/mol. The number of aryl methyl sites for hydroxylation is 2. The molecule has 33 heavy (non-hydrogen) atoms. The van der Waals surface area contributed by atoms with Crippen LogP contribution in [0.25, 0.3) is 16.6 Å². The minimum atomic E-state index is -0.468. The molecule has 6 heteroatoms. The highest BCUT2D eigenvalue weighted by Crippen LogP contribution is 2.44. The van der Waals surface area contributed by atoms with Gasteiger partial charge in [-0.3, -0.25) is 4.79 Å². The van der Waals surface area contributed by atoms with Gasteiger partial charge in [-0.15, -0.1) is 0 Å². The molecule has 1 fully saturated rings. The van der Waals surface area contributed by atoms with Gasteiger partial charge in [-0.1, -0.05) is 29.8 Å². The van der Waals surface area contributed by atoms with Crippen LogP contribution >= 0.6 is 0 Å². The van der Waals surface area contributed by atoms with E-state index in [0.717, 1.165) is 66.6 Å². The maximum Gasteiger partial charge on any atom is 0.339 e. The normalized spacial score (nSPS) is 17.7. The van der Waals surface area contributed by atoms with Crippen molar-refractivity contribution in [2.45, 2.75) is 38.3 Å². The van der Waals surface area contributed by atoms with Crippen LogP contribution in [0.1, 0.15) is 40.7 Å². The number of aromatic nitrogens is 2. The number of nitrogens with zero attached hydrogens (tertiary/aromatic N) is 3. The Hall–Kier alpha value is -3.38. The van der Waals surface area contributed by atoms with Crippen molar-refractivity contribution in [2.24, 2.45) is 0 Å². The van der Waals surface area contributed by atoms with Gasteiger partial charge in [0.2, 0.25) is 0 Å². The fourth-order valence-electron chi connectivity index (χ4n) is 5.60. The number of likely N-dealkylation sites (tertiary alicyclic amines) is 1. The molecule has 0 radical (unpaired) electrons. The van der Waals surface area contributed by atoms with Gasteiger partial charge in [0.1, 0.15) is 11.1 Å². The molecule has 2 aromatic heterocycles. The van der Waals surface area contributed by atoms with Crippen LogP contribution in [0.4, 0.5) is 0 Å². The molecule has 1 saturated heterocycles. The first kappa shape index (κ1) is 20.2. The molecule has 168 valence electrons.